The van der Waals surface area contributed by atoms with Crippen molar-refractivity contribution in [1.29, 1.82) is 0 Å². The van der Waals surface area contributed by atoms with E-state index in [4.69, 9.17) is 0 Å². The molecule has 2 aromatic carbocycles. The van der Waals surface area contributed by atoms with Crippen molar-refractivity contribution in [2.24, 2.45) is 0 Å². The highest BCUT2D eigenvalue weighted by molar-refractivity contribution is 7.40. The Morgan fingerprint density at radius 1 is 1.00 bits per heavy atom. The largest absolute Gasteiger partial charge is 0.103 e. The average Bonchev–Trinajstić information content (AvgIpc) is 2.95. The maximum Gasteiger partial charge on any atom is 0.0129 e. The highest BCUT2D eigenvalue weighted by Gasteiger charge is 2.39. The molecule has 1 aliphatic rings. The Balaban J connectivity index is 1.87. The molecule has 0 nitrogen and oxygen atoms in total. The summed E-state index contributed by atoms with van der Waals surface area (Å²) >= 11 is 0. The third-order valence-electron chi connectivity index (χ3n) is 4.44. The Hall–Kier alpha value is -1.13. The Bertz CT molecular complexity index is 520. The molecule has 98 valence electrons. The third-order valence-corrected chi connectivity index (χ3v) is 6.86. The second-order valence-electron chi connectivity index (χ2n) is 5.45. The second-order valence-corrected chi connectivity index (χ2v) is 7.39. The molecule has 1 fully saturated rings. The molecule has 0 N–H and O–H groups in total. The van der Waals surface area contributed by atoms with Gasteiger partial charge in [-0.25, -0.2) is 0 Å². The predicted molar refractivity (Wildman–Crippen MR) is 85.1 cm³/mol. The van der Waals surface area contributed by atoms with Crippen LogP contribution in [-0.4, -0.2) is 0 Å². The van der Waals surface area contributed by atoms with Crippen molar-refractivity contribution in [3.63, 3.8) is 0 Å². The first-order chi connectivity index (χ1) is 9.34. The molecule has 0 saturated carbocycles. The lowest BCUT2D eigenvalue weighted by Gasteiger charge is -2.29. The first-order valence-corrected chi connectivity index (χ1v) is 8.30. The van der Waals surface area contributed by atoms with Crippen molar-refractivity contribution < 1.29 is 0 Å². The molecule has 0 amide bonds. The Morgan fingerprint density at radius 2 is 1.63 bits per heavy atom. The molecule has 0 aromatic heterocycles. The SMILES string of the molecule is CCC1(c2ccccc2)CCC(c2ccccc2)P1. The van der Waals surface area contributed by atoms with Gasteiger partial charge in [-0.05, 0) is 30.4 Å². The highest BCUT2D eigenvalue weighted by Crippen LogP contribution is 2.63. The summed E-state index contributed by atoms with van der Waals surface area (Å²) in [4.78, 5) is 0. The second kappa shape index (κ2) is 5.47. The average molecular weight is 268 g/mol. The normalized spacial score (nSPS) is 27.7. The van der Waals surface area contributed by atoms with Crippen molar-refractivity contribution >= 4 is 8.58 Å². The van der Waals surface area contributed by atoms with Gasteiger partial charge in [0, 0.05) is 10.8 Å². The lowest BCUT2D eigenvalue weighted by Crippen LogP contribution is -2.15. The zero-order valence-corrected chi connectivity index (χ0v) is 12.5. The van der Waals surface area contributed by atoms with Gasteiger partial charge in [0.05, 0.1) is 0 Å². The summed E-state index contributed by atoms with van der Waals surface area (Å²) in [5.74, 6) is 0. The standard InChI is InChI=1S/C18H21P/c1-2-18(16-11-7-4-8-12-16)14-13-17(19-18)15-9-5-3-6-10-15/h3-12,17,19H,2,13-14H2,1H3. The topological polar surface area (TPSA) is 0 Å². The lowest BCUT2D eigenvalue weighted by atomic mass is 9.90. The van der Waals surface area contributed by atoms with Crippen LogP contribution in [-0.2, 0) is 5.16 Å². The van der Waals surface area contributed by atoms with Crippen LogP contribution in [0.15, 0.2) is 60.7 Å². The van der Waals surface area contributed by atoms with Crippen LogP contribution in [0.4, 0.5) is 0 Å². The lowest BCUT2D eigenvalue weighted by molar-refractivity contribution is 0.557. The minimum atomic E-state index is 0.432. The van der Waals surface area contributed by atoms with Gasteiger partial charge in [0.2, 0.25) is 0 Å². The van der Waals surface area contributed by atoms with Gasteiger partial charge in [0.25, 0.3) is 0 Å². The number of hydrogen-bond donors (Lipinski definition) is 0. The van der Waals surface area contributed by atoms with Crippen LogP contribution in [0, 0.1) is 0 Å². The molecule has 3 unspecified atom stereocenters. The zero-order chi connectivity index (χ0) is 13.1. The van der Waals surface area contributed by atoms with E-state index in [1.165, 1.54) is 24.8 Å². The summed E-state index contributed by atoms with van der Waals surface area (Å²) in [5.41, 5.74) is 3.85. The molecule has 1 saturated heterocycles. The Kier molecular flexibility index (Phi) is 3.71. The van der Waals surface area contributed by atoms with Gasteiger partial charge in [-0.1, -0.05) is 67.6 Å². The molecule has 0 radical (unpaired) electrons. The summed E-state index contributed by atoms with van der Waals surface area (Å²) in [6.45, 7) is 2.35. The van der Waals surface area contributed by atoms with Gasteiger partial charge >= 0.3 is 0 Å². The first kappa shape index (κ1) is 12.9. The molecule has 2 aromatic rings. The Labute approximate surface area is 118 Å². The van der Waals surface area contributed by atoms with E-state index in [-0.39, 0.29) is 0 Å². The summed E-state index contributed by atoms with van der Waals surface area (Å²) in [7, 11) is 1.02. The van der Waals surface area contributed by atoms with Crippen LogP contribution in [0.5, 0.6) is 0 Å². The third kappa shape index (κ3) is 2.47. The van der Waals surface area contributed by atoms with Gasteiger partial charge in [0.1, 0.15) is 0 Å². The summed E-state index contributed by atoms with van der Waals surface area (Å²) < 4.78 is 0. The van der Waals surface area contributed by atoms with Crippen LogP contribution in [0.25, 0.3) is 0 Å². The van der Waals surface area contributed by atoms with Crippen molar-refractivity contribution in [3.8, 4) is 0 Å². The number of rotatable bonds is 3. The van der Waals surface area contributed by atoms with Gasteiger partial charge in [-0.2, -0.15) is 0 Å². The van der Waals surface area contributed by atoms with E-state index in [1.54, 1.807) is 5.56 Å². The van der Waals surface area contributed by atoms with Crippen LogP contribution in [0.2, 0.25) is 0 Å². The van der Waals surface area contributed by atoms with E-state index in [9.17, 15) is 0 Å². The van der Waals surface area contributed by atoms with E-state index >= 15 is 0 Å². The fourth-order valence-electron chi connectivity index (χ4n) is 3.27. The minimum Gasteiger partial charge on any atom is -0.103 e. The van der Waals surface area contributed by atoms with Crippen molar-refractivity contribution in [1.82, 2.24) is 0 Å². The van der Waals surface area contributed by atoms with Gasteiger partial charge in [-0.3, -0.25) is 0 Å². The first-order valence-electron chi connectivity index (χ1n) is 7.22. The van der Waals surface area contributed by atoms with E-state index in [0.29, 0.717) is 5.16 Å². The van der Waals surface area contributed by atoms with Gasteiger partial charge < -0.3 is 0 Å². The minimum absolute atomic E-state index is 0.432. The fraction of sp³-hybridized carbons (Fsp3) is 0.333. The molecule has 1 aliphatic heterocycles. The van der Waals surface area contributed by atoms with Crippen molar-refractivity contribution in [3.05, 3.63) is 71.8 Å². The van der Waals surface area contributed by atoms with Gasteiger partial charge in [0.15, 0.2) is 0 Å². The zero-order valence-electron chi connectivity index (χ0n) is 11.5. The molecule has 3 atom stereocenters. The van der Waals surface area contributed by atoms with Gasteiger partial charge in [-0.15, -0.1) is 8.58 Å². The predicted octanol–water partition coefficient (Wildman–Crippen LogP) is 5.51. The molecular weight excluding hydrogens is 247 g/mol. The number of hydrogen-bond acceptors (Lipinski definition) is 0. The number of benzene rings is 2. The molecule has 0 bridgehead atoms. The maximum absolute atomic E-state index is 2.35. The molecule has 3 rings (SSSR count). The van der Waals surface area contributed by atoms with E-state index in [1.807, 2.05) is 0 Å². The fourth-order valence-corrected chi connectivity index (χ4v) is 5.41. The summed E-state index contributed by atoms with van der Waals surface area (Å²) in [6.07, 6.45) is 3.94. The molecular formula is C18H21P. The summed E-state index contributed by atoms with van der Waals surface area (Å²) in [6, 6.07) is 22.2. The van der Waals surface area contributed by atoms with E-state index in [0.717, 1.165) is 14.2 Å². The van der Waals surface area contributed by atoms with Crippen molar-refractivity contribution in [2.45, 2.75) is 37.0 Å². The quantitative estimate of drug-likeness (QED) is 0.644. The molecule has 19 heavy (non-hydrogen) atoms. The van der Waals surface area contributed by atoms with Crippen LogP contribution in [0.3, 0.4) is 0 Å². The summed E-state index contributed by atoms with van der Waals surface area (Å²) in [5, 5.41) is 0.432. The van der Waals surface area contributed by atoms with E-state index in [2.05, 4.69) is 67.6 Å². The van der Waals surface area contributed by atoms with Crippen LogP contribution >= 0.6 is 8.58 Å². The Morgan fingerprint density at radius 3 is 2.26 bits per heavy atom. The molecule has 1 heteroatoms. The molecule has 1 heterocycles. The smallest absolute Gasteiger partial charge is 0.0129 e. The van der Waals surface area contributed by atoms with E-state index < -0.39 is 0 Å². The molecule has 0 spiro atoms. The van der Waals surface area contributed by atoms with Crippen LogP contribution in [0.1, 0.15) is 43.0 Å². The highest BCUT2D eigenvalue weighted by atomic mass is 31.1. The molecule has 0 aliphatic carbocycles. The maximum atomic E-state index is 2.35. The van der Waals surface area contributed by atoms with Crippen LogP contribution < -0.4 is 0 Å². The van der Waals surface area contributed by atoms with Crippen molar-refractivity contribution in [2.75, 3.05) is 0 Å². The monoisotopic (exact) mass is 268 g/mol.